The van der Waals surface area contributed by atoms with Crippen LogP contribution in [0.3, 0.4) is 0 Å². The van der Waals surface area contributed by atoms with Crippen LogP contribution in [0.2, 0.25) is 0 Å². The Kier molecular flexibility index (Phi) is 9.47. The molecule has 0 spiro atoms. The van der Waals surface area contributed by atoms with E-state index in [9.17, 15) is 22.4 Å². The number of sulfonamides is 1. The molecular weight excluding hydrogens is 614 g/mol. The molecule has 2 amide bonds. The molecule has 0 unspecified atom stereocenters. The van der Waals surface area contributed by atoms with Crippen molar-refractivity contribution in [3.8, 4) is 0 Å². The van der Waals surface area contributed by atoms with Crippen molar-refractivity contribution < 1.29 is 22.4 Å². The van der Waals surface area contributed by atoms with Gasteiger partial charge in [0.1, 0.15) is 18.4 Å². The van der Waals surface area contributed by atoms with Crippen molar-refractivity contribution in [2.45, 2.75) is 82.8 Å². The van der Waals surface area contributed by atoms with E-state index < -0.39 is 34.3 Å². The van der Waals surface area contributed by atoms with Crippen LogP contribution in [-0.4, -0.2) is 50.0 Å². The van der Waals surface area contributed by atoms with Gasteiger partial charge in [-0.1, -0.05) is 54.6 Å². The summed E-state index contributed by atoms with van der Waals surface area (Å²) in [6.45, 7) is 3.23. The lowest BCUT2D eigenvalue weighted by atomic mass is 9.48. The van der Waals surface area contributed by atoms with Crippen LogP contribution in [0.4, 0.5) is 10.1 Å². The highest BCUT2D eigenvalue weighted by molar-refractivity contribution is 7.92. The highest BCUT2D eigenvalue weighted by Crippen LogP contribution is 2.60. The molecule has 0 saturated heterocycles. The molecule has 1 N–H and O–H groups in total. The molecule has 250 valence electrons. The molecule has 0 radical (unpaired) electrons. The van der Waals surface area contributed by atoms with Crippen molar-refractivity contribution in [2.75, 3.05) is 17.1 Å². The summed E-state index contributed by atoms with van der Waals surface area (Å²) in [6, 6.07) is 21.9. The minimum absolute atomic E-state index is 0.00465. The molecule has 4 fully saturated rings. The van der Waals surface area contributed by atoms with E-state index in [-0.39, 0.29) is 30.3 Å². The number of amides is 2. The van der Waals surface area contributed by atoms with Crippen molar-refractivity contribution in [3.05, 3.63) is 101 Å². The number of rotatable bonds is 12. The zero-order valence-corrected chi connectivity index (χ0v) is 28.4. The van der Waals surface area contributed by atoms with Crippen LogP contribution in [-0.2, 0) is 38.0 Å². The Balaban J connectivity index is 1.30. The summed E-state index contributed by atoms with van der Waals surface area (Å²) >= 11 is 0. The summed E-state index contributed by atoms with van der Waals surface area (Å²) in [5.74, 6) is 1.08. The molecule has 3 aromatic carbocycles. The number of carbonyl (C=O) groups is 2. The Hall–Kier alpha value is -3.72. The van der Waals surface area contributed by atoms with Crippen molar-refractivity contribution in [3.63, 3.8) is 0 Å². The van der Waals surface area contributed by atoms with E-state index in [0.717, 1.165) is 33.9 Å². The van der Waals surface area contributed by atoms with Crippen LogP contribution in [0.25, 0.3) is 0 Å². The molecular formula is C38H46FN3O4S. The highest BCUT2D eigenvalue weighted by atomic mass is 32.2. The van der Waals surface area contributed by atoms with Gasteiger partial charge in [-0.05, 0) is 116 Å². The Morgan fingerprint density at radius 1 is 0.851 bits per heavy atom. The number of hydrogen-bond acceptors (Lipinski definition) is 4. The summed E-state index contributed by atoms with van der Waals surface area (Å²) in [5, 5.41) is 2.94. The fourth-order valence-corrected chi connectivity index (χ4v) is 9.63. The van der Waals surface area contributed by atoms with Crippen LogP contribution in [0.15, 0.2) is 78.9 Å². The highest BCUT2D eigenvalue weighted by Gasteiger charge is 2.51. The Labute approximate surface area is 278 Å². The van der Waals surface area contributed by atoms with Crippen LogP contribution in [0.5, 0.6) is 0 Å². The standard InChI is InChI=1S/C38H46FN3O4S/c1-26(2)40-37(44)35(20-27-7-5-4-6-8-27)41(24-28-9-13-33(39)14-10-28)36(43)25-42(47(3,45)46)34-15-11-32(12-16-34)38-21-29-17-30(22-38)19-31(18-29)23-38/h4-16,26,29-31,35H,17-25H2,1-3H3,(H,40,44)/t29?,30?,31?,35-,38?/m1/s1. The van der Waals surface area contributed by atoms with Crippen LogP contribution in [0, 0.1) is 23.6 Å². The van der Waals surface area contributed by atoms with Gasteiger partial charge in [0, 0.05) is 19.0 Å². The summed E-state index contributed by atoms with van der Waals surface area (Å²) in [5.41, 5.74) is 3.34. The van der Waals surface area contributed by atoms with Gasteiger partial charge in [-0.25, -0.2) is 12.8 Å². The lowest BCUT2D eigenvalue weighted by Gasteiger charge is -2.57. The summed E-state index contributed by atoms with van der Waals surface area (Å²) < 4.78 is 41.5. The normalized spacial score (nSPS) is 23.8. The Bertz CT molecular complexity index is 1640. The number of halogens is 1. The van der Waals surface area contributed by atoms with E-state index in [1.54, 1.807) is 12.1 Å². The third kappa shape index (κ3) is 7.56. The average Bonchev–Trinajstić information content (AvgIpc) is 3.01. The van der Waals surface area contributed by atoms with Gasteiger partial charge in [-0.3, -0.25) is 13.9 Å². The van der Waals surface area contributed by atoms with Gasteiger partial charge >= 0.3 is 0 Å². The summed E-state index contributed by atoms with van der Waals surface area (Å²) in [7, 11) is -3.87. The number of carbonyl (C=O) groups excluding carboxylic acids is 2. The Morgan fingerprint density at radius 2 is 1.43 bits per heavy atom. The molecule has 4 aliphatic carbocycles. The number of nitrogens with zero attached hydrogens (tertiary/aromatic N) is 2. The first-order valence-corrected chi connectivity index (χ1v) is 18.7. The van der Waals surface area contributed by atoms with E-state index in [2.05, 4.69) is 17.4 Å². The van der Waals surface area contributed by atoms with Gasteiger partial charge in [0.15, 0.2) is 0 Å². The van der Waals surface area contributed by atoms with E-state index in [0.29, 0.717) is 11.3 Å². The summed E-state index contributed by atoms with van der Waals surface area (Å²) in [6.07, 6.45) is 8.96. The van der Waals surface area contributed by atoms with Gasteiger partial charge in [0.05, 0.1) is 11.9 Å². The quantitative estimate of drug-likeness (QED) is 0.250. The molecule has 3 aromatic rings. The van der Waals surface area contributed by atoms with Gasteiger partial charge in [-0.15, -0.1) is 0 Å². The molecule has 0 heterocycles. The predicted octanol–water partition coefficient (Wildman–Crippen LogP) is 6.22. The largest absolute Gasteiger partial charge is 0.352 e. The number of hydrogen-bond donors (Lipinski definition) is 1. The molecule has 47 heavy (non-hydrogen) atoms. The minimum atomic E-state index is -3.87. The van der Waals surface area contributed by atoms with E-state index >= 15 is 0 Å². The first kappa shape index (κ1) is 33.2. The van der Waals surface area contributed by atoms with Crippen molar-refractivity contribution in [1.29, 1.82) is 0 Å². The smallest absolute Gasteiger partial charge is 0.244 e. The van der Waals surface area contributed by atoms with Crippen molar-refractivity contribution in [2.24, 2.45) is 17.8 Å². The van der Waals surface area contributed by atoms with Gasteiger partial charge in [-0.2, -0.15) is 0 Å². The number of nitrogens with one attached hydrogen (secondary N) is 1. The topological polar surface area (TPSA) is 86.8 Å². The molecule has 9 heteroatoms. The average molecular weight is 660 g/mol. The number of benzene rings is 3. The molecule has 7 rings (SSSR count). The third-order valence-corrected chi connectivity index (χ3v) is 11.6. The monoisotopic (exact) mass is 659 g/mol. The molecule has 7 nitrogen and oxygen atoms in total. The third-order valence-electron chi connectivity index (χ3n) is 10.5. The van der Waals surface area contributed by atoms with Crippen LogP contribution < -0.4 is 9.62 Å². The second-order valence-electron chi connectivity index (χ2n) is 14.5. The molecule has 0 aromatic heterocycles. The zero-order valence-electron chi connectivity index (χ0n) is 27.6. The second-order valence-corrected chi connectivity index (χ2v) is 16.4. The maximum absolute atomic E-state index is 14.3. The summed E-state index contributed by atoms with van der Waals surface area (Å²) in [4.78, 5) is 29.5. The van der Waals surface area contributed by atoms with Crippen molar-refractivity contribution >= 4 is 27.5 Å². The molecule has 4 saturated carbocycles. The number of anilines is 1. The lowest BCUT2D eigenvalue weighted by Crippen LogP contribution is -2.54. The fourth-order valence-electron chi connectivity index (χ4n) is 8.78. The molecule has 4 bridgehead atoms. The minimum Gasteiger partial charge on any atom is -0.352 e. The van der Waals surface area contributed by atoms with Crippen molar-refractivity contribution in [1.82, 2.24) is 10.2 Å². The maximum atomic E-state index is 14.3. The van der Waals surface area contributed by atoms with E-state index in [1.165, 1.54) is 61.1 Å². The van der Waals surface area contributed by atoms with Crippen LogP contribution in [0.1, 0.15) is 69.1 Å². The predicted molar refractivity (Wildman–Crippen MR) is 183 cm³/mol. The van der Waals surface area contributed by atoms with Crippen LogP contribution >= 0.6 is 0 Å². The fraction of sp³-hybridized carbons (Fsp3) is 0.474. The first-order chi connectivity index (χ1) is 22.4. The molecule has 0 aliphatic heterocycles. The van der Waals surface area contributed by atoms with E-state index in [4.69, 9.17) is 0 Å². The first-order valence-electron chi connectivity index (χ1n) is 16.8. The molecule has 4 aliphatic rings. The maximum Gasteiger partial charge on any atom is 0.244 e. The lowest BCUT2D eigenvalue weighted by molar-refractivity contribution is -0.140. The van der Waals surface area contributed by atoms with Gasteiger partial charge < -0.3 is 10.2 Å². The van der Waals surface area contributed by atoms with Gasteiger partial charge in [0.2, 0.25) is 21.8 Å². The van der Waals surface area contributed by atoms with E-state index in [1.807, 2.05) is 56.3 Å². The SMILES string of the molecule is CC(C)NC(=O)[C@@H](Cc1ccccc1)N(Cc1ccc(F)cc1)C(=O)CN(c1ccc(C23CC4CC(CC(C4)C2)C3)cc1)S(C)(=O)=O. The second kappa shape index (κ2) is 13.4. The van der Waals surface area contributed by atoms with Gasteiger partial charge in [0.25, 0.3) is 0 Å². The molecule has 1 atom stereocenters. The zero-order chi connectivity index (χ0) is 33.3. The Morgan fingerprint density at radius 3 is 1.96 bits per heavy atom.